The number of carbonyl (C=O) groups excluding carboxylic acids is 3. The van der Waals surface area contributed by atoms with E-state index in [-0.39, 0.29) is 17.2 Å². The van der Waals surface area contributed by atoms with E-state index < -0.39 is 5.97 Å². The smallest absolute Gasteiger partial charge is 0.308 e. The first-order valence-electron chi connectivity index (χ1n) is 9.28. The van der Waals surface area contributed by atoms with Gasteiger partial charge in [-0.1, -0.05) is 45.0 Å². The molecular weight excluding hydrogens is 368 g/mol. The summed E-state index contributed by atoms with van der Waals surface area (Å²) in [4.78, 5) is 35.3. The van der Waals surface area contributed by atoms with Crippen molar-refractivity contribution in [2.45, 2.75) is 34.2 Å². The van der Waals surface area contributed by atoms with Gasteiger partial charge in [0.25, 0.3) is 5.91 Å². The van der Waals surface area contributed by atoms with Crippen molar-refractivity contribution in [2.75, 3.05) is 5.32 Å². The van der Waals surface area contributed by atoms with E-state index in [1.807, 2.05) is 39.0 Å². The van der Waals surface area contributed by atoms with Crippen molar-refractivity contribution >= 4 is 23.5 Å². The molecule has 6 nitrogen and oxygen atoms in total. The fraction of sp³-hybridized carbons (Fsp3) is 0.261. The summed E-state index contributed by atoms with van der Waals surface area (Å²) in [6.45, 7) is 7.69. The highest BCUT2D eigenvalue weighted by molar-refractivity contribution is 5.99. The van der Waals surface area contributed by atoms with Crippen LogP contribution in [0.5, 0.6) is 5.75 Å². The lowest BCUT2D eigenvalue weighted by molar-refractivity contribution is -0.131. The number of hydrogen-bond acceptors (Lipinski definition) is 4. The number of allylic oxidation sites excluding steroid dienone is 1. The van der Waals surface area contributed by atoms with E-state index in [1.54, 1.807) is 30.3 Å². The summed E-state index contributed by atoms with van der Waals surface area (Å²) in [6, 6.07) is 13.7. The summed E-state index contributed by atoms with van der Waals surface area (Å²) in [6.07, 6.45) is 3.38. The van der Waals surface area contributed by atoms with Gasteiger partial charge in [0.15, 0.2) is 0 Å². The van der Waals surface area contributed by atoms with Crippen LogP contribution in [-0.4, -0.2) is 17.8 Å². The van der Waals surface area contributed by atoms with Crippen molar-refractivity contribution in [3.05, 3.63) is 71.8 Å². The molecule has 0 radical (unpaired) electrons. The van der Waals surface area contributed by atoms with Gasteiger partial charge in [-0.15, -0.1) is 0 Å². The molecule has 0 aliphatic heterocycles. The molecule has 2 N–H and O–H groups in total. The lowest BCUT2D eigenvalue weighted by Crippen LogP contribution is -2.22. The molecule has 0 bridgehead atoms. The molecule has 0 saturated carbocycles. The van der Waals surface area contributed by atoms with E-state index in [1.165, 1.54) is 19.1 Å². The van der Waals surface area contributed by atoms with E-state index in [0.29, 0.717) is 23.5 Å². The Kier molecular flexibility index (Phi) is 7.31. The van der Waals surface area contributed by atoms with Crippen molar-refractivity contribution in [3.8, 4) is 5.75 Å². The van der Waals surface area contributed by atoms with Crippen LogP contribution in [0.3, 0.4) is 0 Å². The van der Waals surface area contributed by atoms with Crippen LogP contribution in [0.1, 0.15) is 43.6 Å². The summed E-state index contributed by atoms with van der Waals surface area (Å²) >= 11 is 0. The molecule has 6 heteroatoms. The van der Waals surface area contributed by atoms with Gasteiger partial charge in [0.2, 0.25) is 5.91 Å². The molecule has 0 unspecified atom stereocenters. The molecule has 0 spiro atoms. The zero-order chi connectivity index (χ0) is 21.4. The predicted octanol–water partition coefficient (Wildman–Crippen LogP) is 4.08. The molecule has 2 rings (SSSR count). The predicted molar refractivity (Wildman–Crippen MR) is 113 cm³/mol. The normalized spacial score (nSPS) is 11.2. The van der Waals surface area contributed by atoms with Crippen molar-refractivity contribution < 1.29 is 19.1 Å². The van der Waals surface area contributed by atoms with Gasteiger partial charge in [0.1, 0.15) is 5.75 Å². The van der Waals surface area contributed by atoms with Gasteiger partial charge in [-0.05, 0) is 47.4 Å². The first-order valence-corrected chi connectivity index (χ1v) is 9.28. The highest BCUT2D eigenvalue weighted by atomic mass is 16.5. The van der Waals surface area contributed by atoms with E-state index in [2.05, 4.69) is 10.6 Å². The molecule has 29 heavy (non-hydrogen) atoms. The average Bonchev–Trinajstić information content (AvgIpc) is 2.65. The zero-order valence-electron chi connectivity index (χ0n) is 17.1. The van der Waals surface area contributed by atoms with Crippen LogP contribution < -0.4 is 15.4 Å². The summed E-state index contributed by atoms with van der Waals surface area (Å²) in [5.74, 6) is -0.577. The monoisotopic (exact) mass is 394 g/mol. The molecule has 2 aromatic carbocycles. The molecule has 0 aliphatic carbocycles. The maximum atomic E-state index is 12.3. The second-order valence-electron chi connectivity index (χ2n) is 7.69. The molecular formula is C23H26N2O4. The lowest BCUT2D eigenvalue weighted by atomic mass is 9.96. The molecule has 152 valence electrons. The van der Waals surface area contributed by atoms with Gasteiger partial charge in [0.05, 0.1) is 0 Å². The minimum Gasteiger partial charge on any atom is -0.427 e. The zero-order valence-corrected chi connectivity index (χ0v) is 17.1. The Morgan fingerprint density at radius 3 is 2.34 bits per heavy atom. The first kappa shape index (κ1) is 21.9. The number of carbonyl (C=O) groups is 3. The van der Waals surface area contributed by atoms with Crippen LogP contribution in [0, 0.1) is 5.41 Å². The quantitative estimate of drug-likeness (QED) is 0.439. The van der Waals surface area contributed by atoms with E-state index >= 15 is 0 Å². The molecule has 0 heterocycles. The number of ether oxygens (including phenoxy) is 1. The van der Waals surface area contributed by atoms with Crippen LogP contribution in [0.2, 0.25) is 0 Å². The van der Waals surface area contributed by atoms with Crippen LogP contribution in [0.4, 0.5) is 5.69 Å². The molecule has 2 amide bonds. The van der Waals surface area contributed by atoms with Gasteiger partial charge < -0.3 is 15.4 Å². The van der Waals surface area contributed by atoms with Gasteiger partial charge in [-0.25, -0.2) is 0 Å². The highest BCUT2D eigenvalue weighted by Crippen LogP contribution is 2.16. The SMILES string of the molecule is CC(=O)Oc1cccc(C(=O)NCc2ccc(NC(=O)/C=C/C(C)(C)C)cc2)c1. The minimum absolute atomic E-state index is 0.0584. The van der Waals surface area contributed by atoms with Gasteiger partial charge in [0, 0.05) is 24.7 Å². The van der Waals surface area contributed by atoms with Gasteiger partial charge >= 0.3 is 5.97 Å². The Morgan fingerprint density at radius 2 is 1.72 bits per heavy atom. The summed E-state index contributed by atoms with van der Waals surface area (Å²) in [5.41, 5.74) is 1.91. The van der Waals surface area contributed by atoms with Crippen molar-refractivity contribution in [1.82, 2.24) is 5.32 Å². The van der Waals surface area contributed by atoms with Crippen LogP contribution in [0.25, 0.3) is 0 Å². The second-order valence-corrected chi connectivity index (χ2v) is 7.69. The molecule has 0 atom stereocenters. The molecule has 0 aliphatic rings. The summed E-state index contributed by atoms with van der Waals surface area (Å²) in [5, 5.41) is 5.61. The number of hydrogen-bond donors (Lipinski definition) is 2. The van der Waals surface area contributed by atoms with E-state index in [0.717, 1.165) is 5.56 Å². The first-order chi connectivity index (χ1) is 13.6. The third-order valence-electron chi connectivity index (χ3n) is 3.77. The van der Waals surface area contributed by atoms with Gasteiger partial charge in [-0.2, -0.15) is 0 Å². The topological polar surface area (TPSA) is 84.5 Å². The number of amides is 2. The second kappa shape index (κ2) is 9.68. The number of anilines is 1. The Labute approximate surface area is 171 Å². The molecule has 2 aromatic rings. The average molecular weight is 394 g/mol. The number of nitrogens with one attached hydrogen (secondary N) is 2. The summed E-state index contributed by atoms with van der Waals surface area (Å²) < 4.78 is 4.99. The Balaban J connectivity index is 1.90. The number of esters is 1. The maximum Gasteiger partial charge on any atom is 0.308 e. The lowest BCUT2D eigenvalue weighted by Gasteiger charge is -2.11. The number of rotatable bonds is 6. The summed E-state index contributed by atoms with van der Waals surface area (Å²) in [7, 11) is 0. The Bertz CT molecular complexity index is 909. The van der Waals surface area contributed by atoms with Crippen LogP contribution >= 0.6 is 0 Å². The molecule has 0 aromatic heterocycles. The minimum atomic E-state index is -0.441. The largest absolute Gasteiger partial charge is 0.427 e. The van der Waals surface area contributed by atoms with Crippen LogP contribution in [0.15, 0.2) is 60.7 Å². The highest BCUT2D eigenvalue weighted by Gasteiger charge is 2.08. The molecule has 0 saturated heterocycles. The Hall–Kier alpha value is -3.41. The standard InChI is InChI=1S/C23H26N2O4/c1-16(26)29-20-7-5-6-18(14-20)22(28)24-15-17-8-10-19(11-9-17)25-21(27)12-13-23(2,3)4/h5-14H,15H2,1-4H3,(H,24,28)(H,25,27)/b13-12+. The van der Waals surface area contributed by atoms with Crippen molar-refractivity contribution in [2.24, 2.45) is 5.41 Å². The van der Waals surface area contributed by atoms with E-state index in [9.17, 15) is 14.4 Å². The third-order valence-corrected chi connectivity index (χ3v) is 3.77. The maximum absolute atomic E-state index is 12.3. The van der Waals surface area contributed by atoms with Crippen molar-refractivity contribution in [1.29, 1.82) is 0 Å². The van der Waals surface area contributed by atoms with Crippen LogP contribution in [-0.2, 0) is 16.1 Å². The molecule has 0 fully saturated rings. The van der Waals surface area contributed by atoms with Gasteiger partial charge in [-0.3, -0.25) is 14.4 Å². The van der Waals surface area contributed by atoms with Crippen molar-refractivity contribution in [3.63, 3.8) is 0 Å². The number of benzene rings is 2. The fourth-order valence-electron chi connectivity index (χ4n) is 2.37. The Morgan fingerprint density at radius 1 is 1.03 bits per heavy atom. The fourth-order valence-corrected chi connectivity index (χ4v) is 2.37. The third kappa shape index (κ3) is 8.01. The van der Waals surface area contributed by atoms with E-state index in [4.69, 9.17) is 4.74 Å².